The van der Waals surface area contributed by atoms with Crippen molar-refractivity contribution in [1.82, 2.24) is 4.90 Å². The number of halogens is 1. The topological polar surface area (TPSA) is 41.6 Å². The van der Waals surface area contributed by atoms with Gasteiger partial charge in [-0.1, -0.05) is 15.9 Å². The smallest absolute Gasteiger partial charge is 0.332 e. The van der Waals surface area contributed by atoms with Crippen LogP contribution in [-0.4, -0.2) is 42.6 Å². The van der Waals surface area contributed by atoms with E-state index in [1.807, 2.05) is 31.2 Å². The van der Waals surface area contributed by atoms with E-state index in [0.717, 1.165) is 42.6 Å². The van der Waals surface area contributed by atoms with Crippen LogP contribution in [0.25, 0.3) is 0 Å². The molecule has 2 aliphatic heterocycles. The normalized spacial score (nSPS) is 31.0. The van der Waals surface area contributed by atoms with Crippen molar-refractivity contribution in [3.63, 3.8) is 0 Å². The first-order chi connectivity index (χ1) is 10.1. The van der Waals surface area contributed by atoms with Gasteiger partial charge >= 0.3 is 5.97 Å². The van der Waals surface area contributed by atoms with E-state index >= 15 is 0 Å². The molecule has 2 bridgehead atoms. The standard InChI is InChI=1S/C16H21BrN2O2/c1-2-21-15(20)16(8-10-19-9-7-12(16)11-19)18-14-5-3-13(17)4-6-14/h3-6,12,18H,2,7-11H2,1H3. The average Bonchev–Trinajstić information content (AvgIpc) is 2.89. The van der Waals surface area contributed by atoms with E-state index in [2.05, 4.69) is 26.1 Å². The Kier molecular flexibility index (Phi) is 4.22. The van der Waals surface area contributed by atoms with E-state index in [1.165, 1.54) is 0 Å². The van der Waals surface area contributed by atoms with Crippen molar-refractivity contribution >= 4 is 27.6 Å². The Morgan fingerprint density at radius 1 is 1.43 bits per heavy atom. The molecule has 0 saturated carbocycles. The molecule has 0 aliphatic carbocycles. The van der Waals surface area contributed by atoms with E-state index in [-0.39, 0.29) is 5.97 Å². The molecule has 3 atom stereocenters. The summed E-state index contributed by atoms with van der Waals surface area (Å²) < 4.78 is 6.44. The molecule has 1 aromatic rings. The zero-order chi connectivity index (χ0) is 14.9. The highest BCUT2D eigenvalue weighted by Crippen LogP contribution is 2.39. The molecule has 1 N–H and O–H groups in total. The molecular formula is C16H21BrN2O2. The Hall–Kier alpha value is -1.07. The molecule has 21 heavy (non-hydrogen) atoms. The Morgan fingerprint density at radius 2 is 2.19 bits per heavy atom. The number of hydrogen-bond donors (Lipinski definition) is 1. The van der Waals surface area contributed by atoms with Gasteiger partial charge in [-0.25, -0.2) is 4.79 Å². The summed E-state index contributed by atoms with van der Waals surface area (Å²) in [5.41, 5.74) is 0.406. The van der Waals surface area contributed by atoms with Crippen molar-refractivity contribution in [3.8, 4) is 0 Å². The first-order valence-corrected chi connectivity index (χ1v) is 8.36. The fourth-order valence-electron chi connectivity index (χ4n) is 3.51. The van der Waals surface area contributed by atoms with Crippen LogP contribution in [0.15, 0.2) is 28.7 Å². The third kappa shape index (κ3) is 2.81. The van der Waals surface area contributed by atoms with Gasteiger partial charge in [-0.15, -0.1) is 0 Å². The number of nitrogens with one attached hydrogen (secondary N) is 1. The van der Waals surface area contributed by atoms with Gasteiger partial charge in [0.25, 0.3) is 0 Å². The van der Waals surface area contributed by atoms with Gasteiger partial charge in [-0.05, 0) is 50.6 Å². The lowest BCUT2D eigenvalue weighted by Crippen LogP contribution is -2.58. The summed E-state index contributed by atoms with van der Waals surface area (Å²) in [5, 5.41) is 3.51. The van der Waals surface area contributed by atoms with Crippen molar-refractivity contribution < 1.29 is 9.53 Å². The summed E-state index contributed by atoms with van der Waals surface area (Å²) >= 11 is 3.44. The van der Waals surface area contributed by atoms with Crippen molar-refractivity contribution in [2.45, 2.75) is 25.3 Å². The number of hydrogen-bond acceptors (Lipinski definition) is 4. The Labute approximate surface area is 134 Å². The zero-order valence-corrected chi connectivity index (χ0v) is 13.9. The predicted octanol–water partition coefficient (Wildman–Crippen LogP) is 2.89. The molecule has 2 heterocycles. The molecule has 2 saturated heterocycles. The molecule has 0 spiro atoms. The van der Waals surface area contributed by atoms with E-state index in [1.54, 1.807) is 0 Å². The summed E-state index contributed by atoms with van der Waals surface area (Å²) in [7, 11) is 0. The molecular weight excluding hydrogens is 332 g/mol. The number of carbonyl (C=O) groups excluding carboxylic acids is 1. The molecule has 3 unspecified atom stereocenters. The molecule has 0 amide bonds. The number of benzene rings is 1. The van der Waals surface area contributed by atoms with E-state index in [4.69, 9.17) is 4.74 Å². The van der Waals surface area contributed by atoms with Gasteiger partial charge in [0.1, 0.15) is 5.54 Å². The predicted molar refractivity (Wildman–Crippen MR) is 86.3 cm³/mol. The van der Waals surface area contributed by atoms with Gasteiger partial charge in [0.15, 0.2) is 0 Å². The highest BCUT2D eigenvalue weighted by molar-refractivity contribution is 9.10. The fraction of sp³-hybridized carbons (Fsp3) is 0.562. The molecule has 1 aromatic carbocycles. The number of ether oxygens (including phenoxy) is 1. The SMILES string of the molecule is CCOC(=O)C1(Nc2ccc(Br)cc2)CCN2CCC1C2. The maximum absolute atomic E-state index is 12.7. The maximum atomic E-state index is 12.7. The molecule has 0 radical (unpaired) electrons. The second kappa shape index (κ2) is 5.97. The Balaban J connectivity index is 1.88. The molecule has 2 fully saturated rings. The first kappa shape index (κ1) is 14.9. The Morgan fingerprint density at radius 3 is 2.90 bits per heavy atom. The van der Waals surface area contributed by atoms with Crippen LogP contribution < -0.4 is 5.32 Å². The molecule has 3 rings (SSSR count). The molecule has 5 heteroatoms. The largest absolute Gasteiger partial charge is 0.464 e. The highest BCUT2D eigenvalue weighted by atomic mass is 79.9. The first-order valence-electron chi connectivity index (χ1n) is 7.57. The summed E-state index contributed by atoms with van der Waals surface area (Å²) in [4.78, 5) is 15.1. The summed E-state index contributed by atoms with van der Waals surface area (Å²) in [6, 6.07) is 7.99. The lowest BCUT2D eigenvalue weighted by Gasteiger charge is -2.42. The number of rotatable bonds is 4. The summed E-state index contributed by atoms with van der Waals surface area (Å²) in [6.45, 7) is 5.34. The van der Waals surface area contributed by atoms with Crippen LogP contribution in [-0.2, 0) is 9.53 Å². The maximum Gasteiger partial charge on any atom is 0.332 e. The molecule has 0 aromatic heterocycles. The summed E-state index contributed by atoms with van der Waals surface area (Å²) in [6.07, 6.45) is 1.87. The van der Waals surface area contributed by atoms with Crippen LogP contribution in [0.3, 0.4) is 0 Å². The quantitative estimate of drug-likeness (QED) is 0.846. The second-order valence-corrected chi connectivity index (χ2v) is 6.78. The van der Waals surface area contributed by atoms with Gasteiger partial charge in [0.05, 0.1) is 6.61 Å². The number of fused-ring (bicyclic) bond motifs is 2. The van der Waals surface area contributed by atoms with Crippen LogP contribution in [0.2, 0.25) is 0 Å². The second-order valence-electron chi connectivity index (χ2n) is 5.86. The molecule has 114 valence electrons. The van der Waals surface area contributed by atoms with Crippen LogP contribution in [0, 0.1) is 5.92 Å². The monoisotopic (exact) mass is 352 g/mol. The van der Waals surface area contributed by atoms with Crippen LogP contribution in [0.4, 0.5) is 5.69 Å². The van der Waals surface area contributed by atoms with Gasteiger partial charge in [-0.3, -0.25) is 0 Å². The molecule has 2 aliphatic rings. The van der Waals surface area contributed by atoms with Crippen molar-refractivity contribution in [2.24, 2.45) is 5.92 Å². The number of nitrogens with zero attached hydrogens (tertiary/aromatic N) is 1. The minimum Gasteiger partial charge on any atom is -0.464 e. The van der Waals surface area contributed by atoms with Crippen molar-refractivity contribution in [3.05, 3.63) is 28.7 Å². The van der Waals surface area contributed by atoms with Gasteiger partial charge in [0, 0.05) is 29.2 Å². The van der Waals surface area contributed by atoms with Gasteiger partial charge in [0.2, 0.25) is 0 Å². The third-order valence-corrected chi connectivity index (χ3v) is 5.17. The Bertz CT molecular complexity index is 520. The van der Waals surface area contributed by atoms with Crippen molar-refractivity contribution in [1.29, 1.82) is 0 Å². The van der Waals surface area contributed by atoms with E-state index in [9.17, 15) is 4.79 Å². The fourth-order valence-corrected chi connectivity index (χ4v) is 3.78. The lowest BCUT2D eigenvalue weighted by molar-refractivity contribution is -0.151. The highest BCUT2D eigenvalue weighted by Gasteiger charge is 2.52. The van der Waals surface area contributed by atoms with Crippen LogP contribution in [0.1, 0.15) is 19.8 Å². The molecule has 4 nitrogen and oxygen atoms in total. The van der Waals surface area contributed by atoms with Crippen molar-refractivity contribution in [2.75, 3.05) is 31.6 Å². The lowest BCUT2D eigenvalue weighted by atomic mass is 9.78. The average molecular weight is 353 g/mol. The van der Waals surface area contributed by atoms with Crippen LogP contribution >= 0.6 is 15.9 Å². The number of carbonyl (C=O) groups is 1. The van der Waals surface area contributed by atoms with Gasteiger partial charge in [-0.2, -0.15) is 0 Å². The number of anilines is 1. The van der Waals surface area contributed by atoms with Gasteiger partial charge < -0.3 is 15.0 Å². The van der Waals surface area contributed by atoms with E-state index in [0.29, 0.717) is 12.5 Å². The van der Waals surface area contributed by atoms with Crippen LogP contribution in [0.5, 0.6) is 0 Å². The number of piperidine rings is 1. The zero-order valence-electron chi connectivity index (χ0n) is 12.3. The number of esters is 1. The minimum atomic E-state index is -0.573. The minimum absolute atomic E-state index is 0.0977. The summed E-state index contributed by atoms with van der Waals surface area (Å²) in [5.74, 6) is 0.230. The van der Waals surface area contributed by atoms with E-state index < -0.39 is 5.54 Å². The third-order valence-electron chi connectivity index (χ3n) is 4.64.